The molecule has 2 aliphatic heterocycles. The van der Waals surface area contributed by atoms with Gasteiger partial charge in [-0.25, -0.2) is 0 Å². The van der Waals surface area contributed by atoms with Crippen LogP contribution in [0.5, 0.6) is 5.75 Å². The topological polar surface area (TPSA) is 53.1 Å². The number of piperidine rings is 2. The number of likely N-dealkylation sites (N-methyl/N-ethyl adjacent to an activating group) is 1. The highest BCUT2D eigenvalue weighted by molar-refractivity contribution is 5.79. The number of rotatable bonds is 6. The van der Waals surface area contributed by atoms with Crippen LogP contribution in [0, 0.1) is 5.92 Å². The van der Waals surface area contributed by atoms with Crippen molar-refractivity contribution in [1.29, 1.82) is 0 Å². The van der Waals surface area contributed by atoms with E-state index in [1.165, 1.54) is 6.42 Å². The van der Waals surface area contributed by atoms with Gasteiger partial charge in [-0.3, -0.25) is 14.5 Å². The summed E-state index contributed by atoms with van der Waals surface area (Å²) >= 11 is 0. The van der Waals surface area contributed by atoms with Crippen LogP contribution in [0.1, 0.15) is 37.7 Å². The summed E-state index contributed by atoms with van der Waals surface area (Å²) in [6.07, 6.45) is 5.25. The molecule has 2 fully saturated rings. The molecule has 0 saturated carbocycles. The predicted octanol–water partition coefficient (Wildman–Crippen LogP) is 2.38. The van der Waals surface area contributed by atoms with Crippen LogP contribution in [0.15, 0.2) is 24.3 Å². The molecule has 0 atom stereocenters. The Hall–Kier alpha value is -2.08. The Morgan fingerprint density at radius 3 is 2.50 bits per heavy atom. The minimum absolute atomic E-state index is 0.114. The molecule has 0 radical (unpaired) electrons. The minimum Gasteiger partial charge on any atom is -0.497 e. The van der Waals surface area contributed by atoms with Crippen molar-refractivity contribution in [2.24, 2.45) is 5.92 Å². The lowest BCUT2D eigenvalue weighted by molar-refractivity contribution is -0.138. The number of methoxy groups -OCH3 is 1. The van der Waals surface area contributed by atoms with E-state index in [-0.39, 0.29) is 11.8 Å². The molecule has 2 saturated heterocycles. The van der Waals surface area contributed by atoms with Gasteiger partial charge < -0.3 is 14.5 Å². The fourth-order valence-electron chi connectivity index (χ4n) is 4.16. The average Bonchev–Trinajstić information content (AvgIpc) is 2.74. The summed E-state index contributed by atoms with van der Waals surface area (Å²) in [7, 11) is 3.49. The minimum atomic E-state index is 0.114. The predicted molar refractivity (Wildman–Crippen MR) is 109 cm³/mol. The number of ether oxygens (including phenoxy) is 1. The number of likely N-dealkylation sites (tertiary alicyclic amines) is 2. The maximum atomic E-state index is 12.7. The normalized spacial score (nSPS) is 18.7. The zero-order chi connectivity index (χ0) is 19.9. The van der Waals surface area contributed by atoms with Gasteiger partial charge in [0.1, 0.15) is 5.75 Å². The van der Waals surface area contributed by atoms with Crippen molar-refractivity contribution in [2.45, 2.75) is 38.6 Å². The lowest BCUT2D eigenvalue weighted by Crippen LogP contribution is -2.46. The molecule has 2 heterocycles. The zero-order valence-electron chi connectivity index (χ0n) is 17.2. The molecule has 0 unspecified atom stereocenters. The molecule has 2 aliphatic rings. The smallest absolute Gasteiger partial charge is 0.236 e. The highest BCUT2D eigenvalue weighted by Crippen LogP contribution is 2.22. The molecule has 0 aromatic heterocycles. The van der Waals surface area contributed by atoms with Gasteiger partial charge in [0.05, 0.1) is 13.7 Å². The van der Waals surface area contributed by atoms with Crippen molar-refractivity contribution in [2.75, 3.05) is 46.9 Å². The molecular weight excluding hydrogens is 354 g/mol. The van der Waals surface area contributed by atoms with Gasteiger partial charge >= 0.3 is 0 Å². The van der Waals surface area contributed by atoms with E-state index >= 15 is 0 Å². The van der Waals surface area contributed by atoms with Gasteiger partial charge in [-0.2, -0.15) is 0 Å². The van der Waals surface area contributed by atoms with E-state index in [0.717, 1.165) is 63.2 Å². The molecule has 28 heavy (non-hydrogen) atoms. The van der Waals surface area contributed by atoms with Crippen molar-refractivity contribution in [3.8, 4) is 5.75 Å². The third-order valence-corrected chi connectivity index (χ3v) is 5.94. The fraction of sp³-hybridized carbons (Fsp3) is 0.636. The Kier molecular flexibility index (Phi) is 7.31. The van der Waals surface area contributed by atoms with Crippen molar-refractivity contribution in [3.05, 3.63) is 29.8 Å². The number of amides is 2. The summed E-state index contributed by atoms with van der Waals surface area (Å²) < 4.78 is 5.25. The molecule has 154 valence electrons. The first-order chi connectivity index (χ1) is 13.6. The molecule has 1 aromatic rings. The number of carbonyl (C=O) groups is 2. The van der Waals surface area contributed by atoms with Crippen molar-refractivity contribution < 1.29 is 14.3 Å². The van der Waals surface area contributed by atoms with E-state index in [4.69, 9.17) is 4.74 Å². The quantitative estimate of drug-likeness (QED) is 0.752. The molecule has 0 aliphatic carbocycles. The summed E-state index contributed by atoms with van der Waals surface area (Å²) in [4.78, 5) is 31.3. The summed E-state index contributed by atoms with van der Waals surface area (Å²) in [6, 6.07) is 7.81. The van der Waals surface area contributed by atoms with E-state index in [1.807, 2.05) is 31.3 Å². The van der Waals surface area contributed by atoms with Gasteiger partial charge in [-0.1, -0.05) is 12.1 Å². The van der Waals surface area contributed by atoms with Crippen LogP contribution in [0.3, 0.4) is 0 Å². The monoisotopic (exact) mass is 387 g/mol. The summed E-state index contributed by atoms with van der Waals surface area (Å²) in [5, 5.41) is 0. The zero-order valence-corrected chi connectivity index (χ0v) is 17.2. The van der Waals surface area contributed by atoms with Gasteiger partial charge in [0.25, 0.3) is 0 Å². The largest absolute Gasteiger partial charge is 0.497 e. The van der Waals surface area contributed by atoms with Gasteiger partial charge in [0.15, 0.2) is 0 Å². The second-order valence-corrected chi connectivity index (χ2v) is 8.04. The van der Waals surface area contributed by atoms with Gasteiger partial charge in [-0.15, -0.1) is 0 Å². The second-order valence-electron chi connectivity index (χ2n) is 8.04. The summed E-state index contributed by atoms with van der Waals surface area (Å²) in [6.45, 7) is 4.48. The summed E-state index contributed by atoms with van der Waals surface area (Å²) in [5.41, 5.74) is 1.06. The molecule has 3 rings (SSSR count). The molecule has 6 heteroatoms. The van der Waals surface area contributed by atoms with Crippen LogP contribution < -0.4 is 4.74 Å². The molecule has 0 spiro atoms. The Morgan fingerprint density at radius 1 is 1.11 bits per heavy atom. The van der Waals surface area contributed by atoms with Crippen molar-refractivity contribution in [1.82, 2.24) is 14.7 Å². The van der Waals surface area contributed by atoms with E-state index in [0.29, 0.717) is 19.0 Å². The fourth-order valence-corrected chi connectivity index (χ4v) is 4.16. The summed E-state index contributed by atoms with van der Waals surface area (Å²) in [5.74, 6) is 1.39. The van der Waals surface area contributed by atoms with Crippen LogP contribution in [0.2, 0.25) is 0 Å². The lowest BCUT2D eigenvalue weighted by atomic mass is 9.94. The Bertz CT molecular complexity index is 665. The first-order valence-corrected chi connectivity index (χ1v) is 10.4. The van der Waals surface area contributed by atoms with Crippen LogP contribution in [0.4, 0.5) is 0 Å². The Morgan fingerprint density at radius 2 is 1.82 bits per heavy atom. The molecule has 0 bridgehead atoms. The maximum absolute atomic E-state index is 12.7. The standard InChI is InChI=1S/C22H33N3O3/c1-23(16-18-7-6-8-20(15-18)28-2)21(26)17-24-13-9-19(10-14-24)22(27)25-11-4-3-5-12-25/h6-8,15,19H,3-5,9-14,16-17H2,1-2H3. The lowest BCUT2D eigenvalue weighted by Gasteiger charge is -2.35. The average molecular weight is 388 g/mol. The molecule has 6 nitrogen and oxygen atoms in total. The molecule has 2 amide bonds. The molecule has 1 aromatic carbocycles. The second kappa shape index (κ2) is 9.92. The van der Waals surface area contributed by atoms with Gasteiger partial charge in [0, 0.05) is 32.6 Å². The van der Waals surface area contributed by atoms with Crippen LogP contribution in [-0.2, 0) is 16.1 Å². The first-order valence-electron chi connectivity index (χ1n) is 10.4. The van der Waals surface area contributed by atoms with Crippen LogP contribution >= 0.6 is 0 Å². The van der Waals surface area contributed by atoms with E-state index in [9.17, 15) is 9.59 Å². The SMILES string of the molecule is COc1cccc(CN(C)C(=O)CN2CCC(C(=O)N3CCCCC3)CC2)c1. The Labute approximate surface area is 168 Å². The molecule has 0 N–H and O–H groups in total. The van der Waals surface area contributed by atoms with Gasteiger partial charge in [-0.05, 0) is 62.9 Å². The van der Waals surface area contributed by atoms with E-state index in [2.05, 4.69) is 9.80 Å². The number of hydrogen-bond donors (Lipinski definition) is 0. The highest BCUT2D eigenvalue weighted by atomic mass is 16.5. The number of nitrogens with zero attached hydrogens (tertiary/aromatic N) is 3. The number of carbonyl (C=O) groups excluding carboxylic acids is 2. The van der Waals surface area contributed by atoms with E-state index < -0.39 is 0 Å². The first kappa shape index (κ1) is 20.6. The van der Waals surface area contributed by atoms with Crippen molar-refractivity contribution in [3.63, 3.8) is 0 Å². The number of hydrogen-bond acceptors (Lipinski definition) is 4. The maximum Gasteiger partial charge on any atom is 0.236 e. The van der Waals surface area contributed by atoms with E-state index in [1.54, 1.807) is 12.0 Å². The van der Waals surface area contributed by atoms with Gasteiger partial charge in [0.2, 0.25) is 11.8 Å². The van der Waals surface area contributed by atoms with Crippen molar-refractivity contribution >= 4 is 11.8 Å². The molecular formula is C22H33N3O3. The van der Waals surface area contributed by atoms with Crippen LogP contribution in [0.25, 0.3) is 0 Å². The van der Waals surface area contributed by atoms with Crippen LogP contribution in [-0.4, -0.2) is 73.4 Å². The third-order valence-electron chi connectivity index (χ3n) is 5.94. The Balaban J connectivity index is 1.43. The number of benzene rings is 1. The highest BCUT2D eigenvalue weighted by Gasteiger charge is 2.30. The third kappa shape index (κ3) is 5.47.